The van der Waals surface area contributed by atoms with Crippen LogP contribution in [0.4, 0.5) is 0 Å². The van der Waals surface area contributed by atoms with E-state index in [9.17, 15) is 0 Å². The van der Waals surface area contributed by atoms with Crippen LogP contribution < -0.4 is 5.73 Å². The first-order chi connectivity index (χ1) is 8.65. The van der Waals surface area contributed by atoms with E-state index in [1.165, 1.54) is 35.0 Å². The average Bonchev–Trinajstić information content (AvgIpc) is 3.00. The molecule has 1 aliphatic rings. The lowest BCUT2D eigenvalue weighted by Gasteiger charge is -2.44. The number of hydrogen-bond donors (Lipinski definition) is 1. The molecule has 1 fully saturated rings. The largest absolute Gasteiger partial charge is 0.322 e. The van der Waals surface area contributed by atoms with Crippen molar-refractivity contribution in [2.45, 2.75) is 51.1 Å². The highest BCUT2D eigenvalue weighted by Gasteiger charge is 2.44. The molecule has 0 spiro atoms. The normalized spacial score (nSPS) is 20.5. The Labute approximate surface area is 123 Å². The van der Waals surface area contributed by atoms with Gasteiger partial charge in [0.15, 0.2) is 0 Å². The second-order valence-corrected chi connectivity index (χ2v) is 6.90. The zero-order chi connectivity index (χ0) is 13.2. The van der Waals surface area contributed by atoms with E-state index in [1.54, 1.807) is 11.3 Å². The third kappa shape index (κ3) is 2.40. The zero-order valence-corrected chi connectivity index (χ0v) is 13.7. The smallest absolute Gasteiger partial charge is 0.0588 e. The van der Waals surface area contributed by atoms with Gasteiger partial charge in [-0.2, -0.15) is 0 Å². The zero-order valence-electron chi connectivity index (χ0n) is 11.3. The molecule has 0 aliphatic heterocycles. The van der Waals surface area contributed by atoms with Crippen LogP contribution in [0.3, 0.4) is 0 Å². The number of nitrogens with two attached hydrogens (primary N) is 1. The second-order valence-electron chi connectivity index (χ2n) is 5.09. The number of nitrogens with zero attached hydrogens (tertiary/aromatic N) is 1. The van der Waals surface area contributed by atoms with Crippen LogP contribution in [0, 0.1) is 0 Å². The Morgan fingerprint density at radius 3 is 2.44 bits per heavy atom. The van der Waals surface area contributed by atoms with E-state index in [-0.39, 0.29) is 11.6 Å². The van der Waals surface area contributed by atoms with E-state index >= 15 is 0 Å². The SMILES string of the molecule is CCN(CC)C1(C(N)c2sccc2Br)CCCC1. The van der Waals surface area contributed by atoms with E-state index in [0.717, 1.165) is 13.1 Å². The molecule has 1 unspecified atom stereocenters. The maximum absolute atomic E-state index is 6.67. The number of hydrogen-bond acceptors (Lipinski definition) is 3. The van der Waals surface area contributed by atoms with Crippen molar-refractivity contribution in [3.8, 4) is 0 Å². The van der Waals surface area contributed by atoms with E-state index in [4.69, 9.17) is 5.73 Å². The topological polar surface area (TPSA) is 29.3 Å². The van der Waals surface area contributed by atoms with Crippen molar-refractivity contribution in [1.29, 1.82) is 0 Å². The van der Waals surface area contributed by atoms with Gasteiger partial charge in [-0.3, -0.25) is 4.90 Å². The van der Waals surface area contributed by atoms with Gasteiger partial charge in [0.25, 0.3) is 0 Å². The minimum Gasteiger partial charge on any atom is -0.322 e. The molecule has 2 rings (SSSR count). The summed E-state index contributed by atoms with van der Waals surface area (Å²) >= 11 is 5.43. The van der Waals surface area contributed by atoms with Gasteiger partial charge in [-0.25, -0.2) is 0 Å². The average molecular weight is 331 g/mol. The van der Waals surface area contributed by atoms with Crippen molar-refractivity contribution in [2.75, 3.05) is 13.1 Å². The number of likely N-dealkylation sites (N-methyl/N-ethyl adjacent to an activating group) is 1. The van der Waals surface area contributed by atoms with Crippen molar-refractivity contribution in [3.63, 3.8) is 0 Å². The molecule has 1 saturated carbocycles. The Morgan fingerprint density at radius 1 is 1.39 bits per heavy atom. The molecule has 4 heteroatoms. The monoisotopic (exact) mass is 330 g/mol. The molecule has 0 radical (unpaired) electrons. The summed E-state index contributed by atoms with van der Waals surface area (Å²) in [6, 6.07) is 2.25. The summed E-state index contributed by atoms with van der Waals surface area (Å²) in [5.41, 5.74) is 6.85. The molecule has 1 aromatic rings. The van der Waals surface area contributed by atoms with Gasteiger partial charge in [-0.05, 0) is 53.3 Å². The molecule has 0 aromatic carbocycles. The van der Waals surface area contributed by atoms with Crippen molar-refractivity contribution in [1.82, 2.24) is 4.90 Å². The standard InChI is InChI=1S/C14H23BrN2S/c1-3-17(4-2)14(8-5-6-9-14)13(16)12-11(15)7-10-18-12/h7,10,13H,3-6,8-9,16H2,1-2H3. The maximum Gasteiger partial charge on any atom is 0.0588 e. The highest BCUT2D eigenvalue weighted by Crippen LogP contribution is 2.46. The van der Waals surface area contributed by atoms with Crippen LogP contribution in [0.5, 0.6) is 0 Å². The minimum atomic E-state index is 0.134. The molecule has 102 valence electrons. The molecule has 0 bridgehead atoms. The molecule has 1 atom stereocenters. The molecular weight excluding hydrogens is 308 g/mol. The van der Waals surface area contributed by atoms with E-state index in [2.05, 4.69) is 46.1 Å². The van der Waals surface area contributed by atoms with Gasteiger partial charge < -0.3 is 5.73 Å². The van der Waals surface area contributed by atoms with Crippen LogP contribution in [0.15, 0.2) is 15.9 Å². The van der Waals surface area contributed by atoms with Crippen LogP contribution in [0.1, 0.15) is 50.4 Å². The summed E-state index contributed by atoms with van der Waals surface area (Å²) < 4.78 is 1.18. The number of rotatable bonds is 5. The minimum absolute atomic E-state index is 0.134. The van der Waals surface area contributed by atoms with Gasteiger partial charge in [-0.1, -0.05) is 26.7 Å². The second kappa shape index (κ2) is 6.04. The molecule has 2 N–H and O–H groups in total. The summed E-state index contributed by atoms with van der Waals surface area (Å²) in [6.45, 7) is 6.68. The van der Waals surface area contributed by atoms with Crippen molar-refractivity contribution >= 4 is 27.3 Å². The third-order valence-electron chi connectivity index (χ3n) is 4.37. The molecule has 1 heterocycles. The van der Waals surface area contributed by atoms with E-state index in [1.807, 2.05) is 0 Å². The summed E-state index contributed by atoms with van der Waals surface area (Å²) in [6.07, 6.45) is 5.10. The predicted octanol–water partition coefficient (Wildman–Crippen LogP) is 4.17. The van der Waals surface area contributed by atoms with Gasteiger partial charge in [0.2, 0.25) is 0 Å². The van der Waals surface area contributed by atoms with Crippen molar-refractivity contribution in [2.24, 2.45) is 5.73 Å². The lowest BCUT2D eigenvalue weighted by atomic mass is 9.85. The number of thiophene rings is 1. The fourth-order valence-electron chi connectivity index (χ4n) is 3.44. The summed E-state index contributed by atoms with van der Waals surface area (Å²) in [5, 5.41) is 2.13. The molecule has 0 amide bonds. The van der Waals surface area contributed by atoms with Gasteiger partial charge in [-0.15, -0.1) is 11.3 Å². The fraction of sp³-hybridized carbons (Fsp3) is 0.714. The Kier molecular flexibility index (Phi) is 4.86. The first kappa shape index (κ1) is 14.5. The predicted molar refractivity (Wildman–Crippen MR) is 83.1 cm³/mol. The van der Waals surface area contributed by atoms with Crippen LogP contribution in [0.25, 0.3) is 0 Å². The Hall–Kier alpha value is 0.100. The molecule has 2 nitrogen and oxygen atoms in total. The Balaban J connectivity index is 2.33. The van der Waals surface area contributed by atoms with Gasteiger partial charge in [0.1, 0.15) is 0 Å². The first-order valence-corrected chi connectivity index (χ1v) is 8.56. The van der Waals surface area contributed by atoms with Crippen LogP contribution >= 0.6 is 27.3 Å². The van der Waals surface area contributed by atoms with Gasteiger partial charge in [0, 0.05) is 14.9 Å². The quantitative estimate of drug-likeness (QED) is 0.878. The van der Waals surface area contributed by atoms with Crippen LogP contribution in [-0.2, 0) is 0 Å². The number of halogens is 1. The van der Waals surface area contributed by atoms with Crippen LogP contribution in [0.2, 0.25) is 0 Å². The Bertz CT molecular complexity index is 381. The highest BCUT2D eigenvalue weighted by molar-refractivity contribution is 9.10. The maximum atomic E-state index is 6.67. The third-order valence-corrected chi connectivity index (χ3v) is 6.32. The molecular formula is C14H23BrN2S. The molecule has 1 aromatic heterocycles. The molecule has 1 aliphatic carbocycles. The first-order valence-electron chi connectivity index (χ1n) is 6.89. The molecule has 18 heavy (non-hydrogen) atoms. The van der Waals surface area contributed by atoms with Crippen LogP contribution in [-0.4, -0.2) is 23.5 Å². The summed E-state index contributed by atoms with van der Waals surface area (Å²) in [5.74, 6) is 0. The fourth-order valence-corrected chi connectivity index (χ4v) is 5.17. The van der Waals surface area contributed by atoms with E-state index < -0.39 is 0 Å². The lowest BCUT2D eigenvalue weighted by molar-refractivity contribution is 0.0779. The van der Waals surface area contributed by atoms with Gasteiger partial charge >= 0.3 is 0 Å². The van der Waals surface area contributed by atoms with E-state index in [0.29, 0.717) is 0 Å². The molecule has 0 saturated heterocycles. The van der Waals surface area contributed by atoms with Gasteiger partial charge in [0.05, 0.1) is 6.04 Å². The van der Waals surface area contributed by atoms with Crippen molar-refractivity contribution < 1.29 is 0 Å². The Morgan fingerprint density at radius 2 is 2.00 bits per heavy atom. The lowest BCUT2D eigenvalue weighted by Crippen LogP contribution is -2.53. The summed E-state index contributed by atoms with van der Waals surface area (Å²) in [7, 11) is 0. The highest BCUT2D eigenvalue weighted by atomic mass is 79.9. The van der Waals surface area contributed by atoms with Crippen molar-refractivity contribution in [3.05, 3.63) is 20.8 Å². The summed E-state index contributed by atoms with van der Waals surface area (Å²) in [4.78, 5) is 3.89.